The van der Waals surface area contributed by atoms with Gasteiger partial charge in [-0.25, -0.2) is 4.39 Å². The zero-order valence-electron chi connectivity index (χ0n) is 14.4. The normalized spacial score (nSPS) is 16.2. The van der Waals surface area contributed by atoms with Gasteiger partial charge in [0, 0.05) is 11.4 Å². The van der Waals surface area contributed by atoms with Gasteiger partial charge >= 0.3 is 0 Å². The van der Waals surface area contributed by atoms with Crippen LogP contribution in [-0.4, -0.2) is 5.91 Å². The summed E-state index contributed by atoms with van der Waals surface area (Å²) < 4.78 is 13.4. The molecule has 4 heteroatoms. The van der Waals surface area contributed by atoms with Gasteiger partial charge in [-0.05, 0) is 53.9 Å². The van der Waals surface area contributed by atoms with Gasteiger partial charge < -0.3 is 5.32 Å². The summed E-state index contributed by atoms with van der Waals surface area (Å²) in [5.74, 6) is -0.368. The van der Waals surface area contributed by atoms with Crippen molar-refractivity contribution in [2.24, 2.45) is 0 Å². The van der Waals surface area contributed by atoms with E-state index in [1.165, 1.54) is 17.7 Å². The predicted octanol–water partition coefficient (Wildman–Crippen LogP) is 5.16. The lowest BCUT2D eigenvalue weighted by atomic mass is 10.0. The molecule has 0 spiro atoms. The molecule has 0 saturated carbocycles. The number of benzene rings is 3. The molecule has 0 aromatic heterocycles. The summed E-state index contributed by atoms with van der Waals surface area (Å²) in [5, 5.41) is 3.42. The smallest absolute Gasteiger partial charge is 0.262 e. The van der Waals surface area contributed by atoms with Gasteiger partial charge in [0.05, 0.1) is 5.56 Å². The van der Waals surface area contributed by atoms with Crippen molar-refractivity contribution in [1.82, 2.24) is 0 Å². The fraction of sp³-hybridized carbons (Fsp3) is 0.136. The monoisotopic (exact) mass is 346 g/mol. The Morgan fingerprint density at radius 1 is 0.962 bits per heavy atom. The van der Waals surface area contributed by atoms with E-state index in [9.17, 15) is 9.18 Å². The lowest BCUT2D eigenvalue weighted by molar-refractivity contribution is 0.0975. The topological polar surface area (TPSA) is 32.3 Å². The molecule has 0 radical (unpaired) electrons. The molecule has 1 amide bonds. The highest BCUT2D eigenvalue weighted by molar-refractivity contribution is 6.12. The zero-order chi connectivity index (χ0) is 18.1. The lowest BCUT2D eigenvalue weighted by Crippen LogP contribution is -2.43. The van der Waals surface area contributed by atoms with Crippen molar-refractivity contribution >= 4 is 17.3 Å². The number of aryl methyl sites for hydroxylation is 1. The molecule has 3 aromatic rings. The molecule has 0 saturated heterocycles. The molecule has 3 nitrogen and oxygen atoms in total. The number of para-hydroxylation sites is 1. The number of rotatable bonds is 3. The average molecular weight is 346 g/mol. The van der Waals surface area contributed by atoms with Gasteiger partial charge in [0.2, 0.25) is 0 Å². The largest absolute Gasteiger partial charge is 0.360 e. The minimum absolute atomic E-state index is 0.0714. The van der Waals surface area contributed by atoms with Crippen LogP contribution in [0.25, 0.3) is 0 Å². The molecule has 1 aliphatic rings. The van der Waals surface area contributed by atoms with Crippen LogP contribution in [0.4, 0.5) is 15.8 Å². The Bertz CT molecular complexity index is 935. The molecule has 1 N–H and O–H groups in total. The molecule has 26 heavy (non-hydrogen) atoms. The van der Waals surface area contributed by atoms with Gasteiger partial charge in [-0.15, -0.1) is 0 Å². The van der Waals surface area contributed by atoms with E-state index in [-0.39, 0.29) is 11.7 Å². The number of nitrogens with one attached hydrogen (secondary N) is 1. The lowest BCUT2D eigenvalue weighted by Gasteiger charge is -2.38. The number of carbonyl (C=O) groups is 1. The number of carbonyl (C=O) groups excluding carboxylic acids is 1. The molecular formula is C22H19FN2O. The minimum atomic E-state index is -0.398. The maximum absolute atomic E-state index is 13.4. The number of hydrogen-bond acceptors (Lipinski definition) is 2. The van der Waals surface area contributed by atoms with E-state index in [1.54, 1.807) is 17.0 Å². The molecule has 1 aliphatic heterocycles. The summed E-state index contributed by atoms with van der Waals surface area (Å²) in [5.41, 5.74) is 4.26. The third-order valence-electron chi connectivity index (χ3n) is 4.74. The van der Waals surface area contributed by atoms with Gasteiger partial charge in [-0.1, -0.05) is 43.3 Å². The quantitative estimate of drug-likeness (QED) is 0.710. The van der Waals surface area contributed by atoms with Crippen LogP contribution in [0, 0.1) is 5.82 Å². The van der Waals surface area contributed by atoms with Crippen LogP contribution in [0.15, 0.2) is 72.8 Å². The van der Waals surface area contributed by atoms with E-state index in [1.807, 2.05) is 48.5 Å². The fourth-order valence-corrected chi connectivity index (χ4v) is 3.29. The molecule has 3 aromatic carbocycles. The molecule has 4 rings (SSSR count). The summed E-state index contributed by atoms with van der Waals surface area (Å²) in [6.07, 6.45) is 0.543. The first-order chi connectivity index (χ1) is 12.7. The summed E-state index contributed by atoms with van der Waals surface area (Å²) in [4.78, 5) is 15.0. The predicted molar refractivity (Wildman–Crippen MR) is 102 cm³/mol. The first-order valence-corrected chi connectivity index (χ1v) is 8.71. The van der Waals surface area contributed by atoms with Gasteiger partial charge in [0.1, 0.15) is 12.0 Å². The second-order valence-electron chi connectivity index (χ2n) is 6.34. The second-order valence-corrected chi connectivity index (χ2v) is 6.34. The highest BCUT2D eigenvalue weighted by Crippen LogP contribution is 2.36. The van der Waals surface area contributed by atoms with Gasteiger partial charge in [-0.2, -0.15) is 0 Å². The highest BCUT2D eigenvalue weighted by Gasteiger charge is 2.33. The number of nitrogens with zero attached hydrogens (tertiary/aromatic N) is 1. The minimum Gasteiger partial charge on any atom is -0.360 e. The van der Waals surface area contributed by atoms with Crippen LogP contribution < -0.4 is 10.2 Å². The Balaban J connectivity index is 1.82. The number of hydrogen-bond donors (Lipinski definition) is 1. The van der Waals surface area contributed by atoms with Crippen molar-refractivity contribution in [2.45, 2.75) is 19.5 Å². The first-order valence-electron chi connectivity index (χ1n) is 8.71. The standard InChI is InChI=1S/C22H19FN2O/c1-2-15-7-13-18(14-8-15)25-21(16-9-11-17(23)12-10-16)24-20-6-4-3-5-19(20)22(25)26/h3-14,21,24H,2H2,1H3/t21-/m1/s1. The summed E-state index contributed by atoms with van der Waals surface area (Å²) in [6.45, 7) is 2.10. The highest BCUT2D eigenvalue weighted by atomic mass is 19.1. The third kappa shape index (κ3) is 2.84. The number of anilines is 2. The van der Waals surface area contributed by atoms with E-state index in [0.29, 0.717) is 5.56 Å². The van der Waals surface area contributed by atoms with Crippen LogP contribution in [-0.2, 0) is 6.42 Å². The second kappa shape index (κ2) is 6.64. The van der Waals surface area contributed by atoms with E-state index >= 15 is 0 Å². The average Bonchev–Trinajstić information content (AvgIpc) is 2.69. The molecular weight excluding hydrogens is 327 g/mol. The Hall–Kier alpha value is -3.14. The van der Waals surface area contributed by atoms with Gasteiger partial charge in [0.15, 0.2) is 0 Å². The number of amides is 1. The van der Waals surface area contributed by atoms with Crippen molar-refractivity contribution in [3.63, 3.8) is 0 Å². The molecule has 0 unspecified atom stereocenters. The SMILES string of the molecule is CCc1ccc(N2C(=O)c3ccccc3N[C@H]2c2ccc(F)cc2)cc1. The van der Waals surface area contributed by atoms with Crippen molar-refractivity contribution < 1.29 is 9.18 Å². The van der Waals surface area contributed by atoms with E-state index in [2.05, 4.69) is 12.2 Å². The van der Waals surface area contributed by atoms with Crippen molar-refractivity contribution in [2.75, 3.05) is 10.2 Å². The zero-order valence-corrected chi connectivity index (χ0v) is 14.4. The summed E-state index contributed by atoms with van der Waals surface area (Å²) in [7, 11) is 0. The van der Waals surface area contributed by atoms with Crippen molar-refractivity contribution in [1.29, 1.82) is 0 Å². The molecule has 130 valence electrons. The van der Waals surface area contributed by atoms with Crippen molar-refractivity contribution in [3.05, 3.63) is 95.3 Å². The fourth-order valence-electron chi connectivity index (χ4n) is 3.29. The molecule has 0 aliphatic carbocycles. The van der Waals surface area contributed by atoms with Gasteiger partial charge in [0.25, 0.3) is 5.91 Å². The van der Waals surface area contributed by atoms with E-state index in [4.69, 9.17) is 0 Å². The molecule has 1 atom stereocenters. The summed E-state index contributed by atoms with van der Waals surface area (Å²) in [6, 6.07) is 21.7. The van der Waals surface area contributed by atoms with Crippen LogP contribution in [0.5, 0.6) is 0 Å². The Morgan fingerprint density at radius 2 is 1.65 bits per heavy atom. The maximum atomic E-state index is 13.4. The Morgan fingerprint density at radius 3 is 2.35 bits per heavy atom. The first kappa shape index (κ1) is 16.3. The van der Waals surface area contributed by atoms with Gasteiger partial charge in [-0.3, -0.25) is 9.69 Å². The van der Waals surface area contributed by atoms with E-state index < -0.39 is 6.17 Å². The van der Waals surface area contributed by atoms with Crippen LogP contribution in [0.3, 0.4) is 0 Å². The number of fused-ring (bicyclic) bond motifs is 1. The molecule has 1 heterocycles. The van der Waals surface area contributed by atoms with E-state index in [0.717, 1.165) is 23.4 Å². The molecule has 0 bridgehead atoms. The maximum Gasteiger partial charge on any atom is 0.262 e. The molecule has 0 fully saturated rings. The number of halogens is 1. The van der Waals surface area contributed by atoms with Crippen molar-refractivity contribution in [3.8, 4) is 0 Å². The van der Waals surface area contributed by atoms with Crippen LogP contribution in [0.1, 0.15) is 34.6 Å². The Labute approximate surface area is 152 Å². The Kier molecular flexibility index (Phi) is 4.17. The van der Waals surface area contributed by atoms with Crippen LogP contribution >= 0.6 is 0 Å². The third-order valence-corrected chi connectivity index (χ3v) is 4.74. The van der Waals surface area contributed by atoms with Crippen LogP contribution in [0.2, 0.25) is 0 Å². The summed E-state index contributed by atoms with van der Waals surface area (Å²) >= 11 is 0.